The van der Waals surface area contributed by atoms with Crippen LogP contribution in [0, 0.1) is 0 Å². The van der Waals surface area contributed by atoms with Crippen molar-refractivity contribution in [3.05, 3.63) is 57.5 Å². The van der Waals surface area contributed by atoms with Gasteiger partial charge in [-0.1, -0.05) is 0 Å². The van der Waals surface area contributed by atoms with E-state index in [1.54, 1.807) is 29.8 Å². The molecule has 3 heterocycles. The first-order valence-corrected chi connectivity index (χ1v) is 10.8. The lowest BCUT2D eigenvalue weighted by atomic mass is 10.2. The lowest BCUT2D eigenvalue weighted by molar-refractivity contribution is -0.115. The first kappa shape index (κ1) is 17.8. The molecule has 4 aromatic rings. The fourth-order valence-electron chi connectivity index (χ4n) is 2.46. The van der Waals surface area contributed by atoms with E-state index < -0.39 is 0 Å². The van der Waals surface area contributed by atoms with E-state index in [1.807, 2.05) is 46.5 Å². The highest BCUT2D eigenvalue weighted by molar-refractivity contribution is 7.14. The molecule has 0 aliphatic rings. The Kier molecular flexibility index (Phi) is 5.28. The summed E-state index contributed by atoms with van der Waals surface area (Å²) in [6.45, 7) is 0. The van der Waals surface area contributed by atoms with Crippen LogP contribution in [0.5, 0.6) is 5.75 Å². The molecule has 8 heteroatoms. The van der Waals surface area contributed by atoms with Crippen LogP contribution in [0.4, 0.5) is 5.13 Å². The van der Waals surface area contributed by atoms with Gasteiger partial charge in [0.1, 0.15) is 10.8 Å². The largest absolute Gasteiger partial charge is 0.497 e. The van der Waals surface area contributed by atoms with Crippen molar-refractivity contribution in [3.63, 3.8) is 0 Å². The van der Waals surface area contributed by atoms with Gasteiger partial charge >= 0.3 is 0 Å². The number of methoxy groups -OCH3 is 1. The molecule has 0 saturated carbocycles. The van der Waals surface area contributed by atoms with Crippen LogP contribution in [-0.4, -0.2) is 23.0 Å². The summed E-state index contributed by atoms with van der Waals surface area (Å²) in [7, 11) is 1.64. The van der Waals surface area contributed by atoms with E-state index in [0.717, 1.165) is 33.3 Å². The lowest BCUT2D eigenvalue weighted by Gasteiger charge is -2.01. The molecule has 0 aliphatic carbocycles. The fourth-order valence-corrected chi connectivity index (χ4v) is 4.73. The van der Waals surface area contributed by atoms with E-state index >= 15 is 0 Å². The Labute approximate surface area is 168 Å². The van der Waals surface area contributed by atoms with Crippen molar-refractivity contribution in [2.45, 2.75) is 6.42 Å². The molecule has 1 amide bonds. The number of thiazole rings is 2. The van der Waals surface area contributed by atoms with Crippen molar-refractivity contribution in [3.8, 4) is 27.6 Å². The summed E-state index contributed by atoms with van der Waals surface area (Å²) in [6, 6.07) is 9.70. The van der Waals surface area contributed by atoms with Gasteiger partial charge in [-0.3, -0.25) is 4.79 Å². The maximum absolute atomic E-state index is 12.3. The minimum Gasteiger partial charge on any atom is -0.497 e. The van der Waals surface area contributed by atoms with Crippen LogP contribution in [-0.2, 0) is 11.2 Å². The zero-order valence-corrected chi connectivity index (χ0v) is 16.8. The maximum Gasteiger partial charge on any atom is 0.232 e. The van der Waals surface area contributed by atoms with Crippen LogP contribution in [0.2, 0.25) is 0 Å². The van der Waals surface area contributed by atoms with Crippen LogP contribution < -0.4 is 10.1 Å². The van der Waals surface area contributed by atoms with Gasteiger partial charge in [-0.25, -0.2) is 9.97 Å². The Hall–Kier alpha value is -2.55. The smallest absolute Gasteiger partial charge is 0.232 e. The van der Waals surface area contributed by atoms with Gasteiger partial charge in [-0.2, -0.15) is 11.3 Å². The number of nitrogens with one attached hydrogen (secondary N) is 1. The average molecular weight is 414 g/mol. The Bertz CT molecular complexity index is 1040. The molecule has 0 bridgehead atoms. The van der Waals surface area contributed by atoms with E-state index in [1.165, 1.54) is 11.3 Å². The van der Waals surface area contributed by atoms with Gasteiger partial charge in [-0.05, 0) is 35.7 Å². The van der Waals surface area contributed by atoms with Crippen molar-refractivity contribution in [1.82, 2.24) is 9.97 Å². The molecule has 5 nitrogen and oxygen atoms in total. The minimum atomic E-state index is -0.118. The standard InChI is InChI=1S/C19H15N3O2S3/c1-24-15-4-2-12(3-5-15)16-11-27-19(21-16)22-17(23)8-14-10-26-18(20-14)13-6-7-25-9-13/h2-7,9-11H,8H2,1H3,(H,21,22,23). The van der Waals surface area contributed by atoms with Gasteiger partial charge in [0.05, 0.1) is 24.9 Å². The molecule has 4 rings (SSSR count). The average Bonchev–Trinajstić information content (AvgIpc) is 3.43. The lowest BCUT2D eigenvalue weighted by Crippen LogP contribution is -2.14. The van der Waals surface area contributed by atoms with E-state index in [0.29, 0.717) is 5.13 Å². The van der Waals surface area contributed by atoms with Crippen LogP contribution in [0.1, 0.15) is 5.69 Å². The second kappa shape index (κ2) is 7.99. The van der Waals surface area contributed by atoms with Crippen LogP contribution >= 0.6 is 34.0 Å². The summed E-state index contributed by atoms with van der Waals surface area (Å²) >= 11 is 4.59. The van der Waals surface area contributed by atoms with Crippen molar-refractivity contribution in [1.29, 1.82) is 0 Å². The molecule has 0 atom stereocenters. The van der Waals surface area contributed by atoms with Gasteiger partial charge in [0, 0.05) is 27.3 Å². The Balaban J connectivity index is 1.39. The summed E-state index contributed by atoms with van der Waals surface area (Å²) < 4.78 is 5.17. The molecular formula is C19H15N3O2S3. The fraction of sp³-hybridized carbons (Fsp3) is 0.105. The number of hydrogen-bond acceptors (Lipinski definition) is 7. The second-order valence-electron chi connectivity index (χ2n) is 5.65. The zero-order valence-electron chi connectivity index (χ0n) is 14.3. The topological polar surface area (TPSA) is 64.1 Å². The summed E-state index contributed by atoms with van der Waals surface area (Å²) in [5, 5.41) is 12.3. The van der Waals surface area contributed by atoms with E-state index in [4.69, 9.17) is 4.74 Å². The van der Waals surface area contributed by atoms with Gasteiger partial charge in [-0.15, -0.1) is 22.7 Å². The Morgan fingerprint density at radius 2 is 1.89 bits per heavy atom. The van der Waals surface area contributed by atoms with Crippen molar-refractivity contribution >= 4 is 45.0 Å². The second-order valence-corrected chi connectivity index (χ2v) is 8.14. The van der Waals surface area contributed by atoms with Crippen molar-refractivity contribution < 1.29 is 9.53 Å². The molecule has 27 heavy (non-hydrogen) atoms. The third kappa shape index (κ3) is 4.24. The summed E-state index contributed by atoms with van der Waals surface area (Å²) in [5.74, 6) is 0.681. The minimum absolute atomic E-state index is 0.118. The molecule has 0 fully saturated rings. The predicted molar refractivity (Wildman–Crippen MR) is 112 cm³/mol. The third-order valence-corrected chi connectivity index (χ3v) is 6.18. The molecule has 0 radical (unpaired) electrons. The van der Waals surface area contributed by atoms with E-state index in [2.05, 4.69) is 20.7 Å². The first-order chi connectivity index (χ1) is 13.2. The number of benzene rings is 1. The first-order valence-electron chi connectivity index (χ1n) is 8.08. The Morgan fingerprint density at radius 1 is 1.04 bits per heavy atom. The monoisotopic (exact) mass is 413 g/mol. The van der Waals surface area contributed by atoms with Crippen LogP contribution in [0.25, 0.3) is 21.8 Å². The molecule has 1 N–H and O–H groups in total. The highest BCUT2D eigenvalue weighted by Crippen LogP contribution is 2.28. The number of ether oxygens (including phenoxy) is 1. The zero-order chi connectivity index (χ0) is 18.6. The van der Waals surface area contributed by atoms with E-state index in [-0.39, 0.29) is 12.3 Å². The third-order valence-electron chi connectivity index (χ3n) is 3.80. The van der Waals surface area contributed by atoms with Gasteiger partial charge in [0.2, 0.25) is 5.91 Å². The molecule has 0 spiro atoms. The normalized spacial score (nSPS) is 10.7. The highest BCUT2D eigenvalue weighted by Gasteiger charge is 2.12. The number of anilines is 1. The van der Waals surface area contributed by atoms with Gasteiger partial charge in [0.25, 0.3) is 0 Å². The van der Waals surface area contributed by atoms with Gasteiger partial charge in [0.15, 0.2) is 5.13 Å². The summed E-state index contributed by atoms with van der Waals surface area (Å²) in [4.78, 5) is 21.3. The number of rotatable bonds is 6. The quantitative estimate of drug-likeness (QED) is 0.473. The number of nitrogens with zero attached hydrogens (tertiary/aromatic N) is 2. The maximum atomic E-state index is 12.3. The molecule has 136 valence electrons. The summed E-state index contributed by atoms with van der Waals surface area (Å²) in [5.41, 5.74) is 3.67. The van der Waals surface area contributed by atoms with E-state index in [9.17, 15) is 4.79 Å². The van der Waals surface area contributed by atoms with Crippen LogP contribution in [0.3, 0.4) is 0 Å². The summed E-state index contributed by atoms with van der Waals surface area (Å²) in [6.07, 6.45) is 0.234. The number of carbonyl (C=O) groups excluding carboxylic acids is 1. The molecule has 1 aromatic carbocycles. The molecule has 3 aromatic heterocycles. The molecule has 0 saturated heterocycles. The predicted octanol–water partition coefficient (Wildman–Crippen LogP) is 5.18. The molecule has 0 aliphatic heterocycles. The van der Waals surface area contributed by atoms with Crippen molar-refractivity contribution in [2.24, 2.45) is 0 Å². The van der Waals surface area contributed by atoms with Crippen LogP contribution in [0.15, 0.2) is 51.9 Å². The highest BCUT2D eigenvalue weighted by atomic mass is 32.1. The number of hydrogen-bond donors (Lipinski definition) is 1. The number of carbonyl (C=O) groups is 1. The number of thiophene rings is 1. The number of amides is 1. The Morgan fingerprint density at radius 3 is 2.63 bits per heavy atom. The number of aromatic nitrogens is 2. The van der Waals surface area contributed by atoms with Crippen molar-refractivity contribution in [2.75, 3.05) is 12.4 Å². The van der Waals surface area contributed by atoms with Gasteiger partial charge < -0.3 is 10.1 Å². The SMILES string of the molecule is COc1ccc(-c2csc(NC(=O)Cc3csc(-c4ccsc4)n3)n2)cc1. The molecule has 0 unspecified atom stereocenters. The molecular weight excluding hydrogens is 398 g/mol.